The normalized spacial score (nSPS) is 14.7. The molecule has 0 spiro atoms. The van der Waals surface area contributed by atoms with Gasteiger partial charge in [-0.05, 0) is 24.5 Å². The molecule has 0 saturated carbocycles. The molecule has 1 aliphatic rings. The van der Waals surface area contributed by atoms with E-state index in [0.717, 1.165) is 25.1 Å². The Morgan fingerprint density at radius 1 is 0.929 bits per heavy atom. The predicted octanol–water partition coefficient (Wildman–Crippen LogP) is 2.39. The molecule has 2 aromatic carbocycles. The van der Waals surface area contributed by atoms with E-state index >= 15 is 0 Å². The number of hydrogen-bond donors (Lipinski definition) is 1. The molecular formula is C23H29N3O2. The second kappa shape index (κ2) is 10.0. The third kappa shape index (κ3) is 6.20. The number of amides is 2. The number of rotatable bonds is 7. The number of hydrogen-bond acceptors (Lipinski definition) is 3. The number of nitrogens with zero attached hydrogens (tertiary/aromatic N) is 2. The lowest BCUT2D eigenvalue weighted by Crippen LogP contribution is -2.51. The Hall–Kier alpha value is -2.66. The van der Waals surface area contributed by atoms with Crippen molar-refractivity contribution in [3.63, 3.8) is 0 Å². The van der Waals surface area contributed by atoms with Crippen molar-refractivity contribution < 1.29 is 9.59 Å². The number of carbonyl (C=O) groups excluding carboxylic acids is 2. The maximum absolute atomic E-state index is 12.5. The monoisotopic (exact) mass is 379 g/mol. The lowest BCUT2D eigenvalue weighted by atomic mass is 10.1. The van der Waals surface area contributed by atoms with Gasteiger partial charge in [-0.3, -0.25) is 14.5 Å². The van der Waals surface area contributed by atoms with E-state index in [2.05, 4.69) is 35.3 Å². The Morgan fingerprint density at radius 2 is 1.64 bits per heavy atom. The molecule has 2 aromatic rings. The van der Waals surface area contributed by atoms with Gasteiger partial charge in [0.25, 0.3) is 0 Å². The van der Waals surface area contributed by atoms with Gasteiger partial charge < -0.3 is 10.2 Å². The lowest BCUT2D eigenvalue weighted by Gasteiger charge is -2.34. The third-order valence-electron chi connectivity index (χ3n) is 5.13. The zero-order chi connectivity index (χ0) is 19.8. The van der Waals surface area contributed by atoms with Crippen molar-refractivity contribution in [2.75, 3.05) is 32.7 Å². The fourth-order valence-electron chi connectivity index (χ4n) is 3.49. The van der Waals surface area contributed by atoms with Gasteiger partial charge in [0.15, 0.2) is 0 Å². The molecule has 2 amide bonds. The second-order valence-corrected chi connectivity index (χ2v) is 7.41. The van der Waals surface area contributed by atoms with Gasteiger partial charge >= 0.3 is 0 Å². The number of aryl methyl sites for hydroxylation is 2. The Kier molecular flexibility index (Phi) is 7.20. The average molecular weight is 380 g/mol. The predicted molar refractivity (Wildman–Crippen MR) is 111 cm³/mol. The van der Waals surface area contributed by atoms with Crippen LogP contribution in [0.15, 0.2) is 54.6 Å². The zero-order valence-corrected chi connectivity index (χ0v) is 16.6. The highest BCUT2D eigenvalue weighted by Crippen LogP contribution is 2.10. The van der Waals surface area contributed by atoms with Crippen molar-refractivity contribution in [1.82, 2.24) is 15.1 Å². The molecular weight excluding hydrogens is 350 g/mol. The number of benzene rings is 2. The van der Waals surface area contributed by atoms with E-state index in [-0.39, 0.29) is 11.8 Å². The molecule has 5 nitrogen and oxygen atoms in total. The number of nitrogens with one attached hydrogen (secondary N) is 1. The van der Waals surface area contributed by atoms with Crippen molar-refractivity contribution in [2.45, 2.75) is 26.3 Å². The van der Waals surface area contributed by atoms with E-state index in [1.54, 1.807) is 0 Å². The summed E-state index contributed by atoms with van der Waals surface area (Å²) in [5, 5.41) is 2.96. The minimum absolute atomic E-state index is 0.0306. The summed E-state index contributed by atoms with van der Waals surface area (Å²) in [5.41, 5.74) is 3.53. The number of carbonyl (C=O) groups is 2. The summed E-state index contributed by atoms with van der Waals surface area (Å²) >= 11 is 0. The largest absolute Gasteiger partial charge is 0.351 e. The summed E-state index contributed by atoms with van der Waals surface area (Å²) in [6.07, 6.45) is 1.32. The molecule has 1 saturated heterocycles. The Bertz CT molecular complexity index is 783. The van der Waals surface area contributed by atoms with Crippen LogP contribution in [0.1, 0.15) is 23.1 Å². The fraction of sp³-hybridized carbons (Fsp3) is 0.391. The minimum Gasteiger partial charge on any atom is -0.351 e. The molecule has 0 aliphatic carbocycles. The topological polar surface area (TPSA) is 52.7 Å². The first-order valence-corrected chi connectivity index (χ1v) is 9.96. The zero-order valence-electron chi connectivity index (χ0n) is 16.6. The summed E-state index contributed by atoms with van der Waals surface area (Å²) < 4.78 is 0. The van der Waals surface area contributed by atoms with Crippen molar-refractivity contribution >= 4 is 11.8 Å². The molecule has 1 N–H and O–H groups in total. The Balaban J connectivity index is 1.35. The van der Waals surface area contributed by atoms with Crippen LogP contribution < -0.4 is 5.32 Å². The van der Waals surface area contributed by atoms with Gasteiger partial charge in [0.1, 0.15) is 0 Å². The summed E-state index contributed by atoms with van der Waals surface area (Å²) in [7, 11) is 0. The second-order valence-electron chi connectivity index (χ2n) is 7.41. The Morgan fingerprint density at radius 3 is 2.36 bits per heavy atom. The van der Waals surface area contributed by atoms with Crippen LogP contribution in [-0.2, 0) is 22.6 Å². The van der Waals surface area contributed by atoms with Crippen molar-refractivity contribution in [3.8, 4) is 0 Å². The van der Waals surface area contributed by atoms with E-state index in [1.807, 2.05) is 41.3 Å². The first kappa shape index (κ1) is 20.1. The standard InChI is InChI=1S/C23H29N3O2/c1-19-6-5-9-20(16-19)10-11-23(28)26-14-12-25(13-15-26)18-22(27)24-17-21-7-3-2-4-8-21/h2-9,16H,10-15,17-18H2,1H3,(H,24,27). The van der Waals surface area contributed by atoms with Gasteiger partial charge in [-0.1, -0.05) is 60.2 Å². The maximum atomic E-state index is 12.5. The fourth-order valence-corrected chi connectivity index (χ4v) is 3.49. The molecule has 3 rings (SSSR count). The summed E-state index contributed by atoms with van der Waals surface area (Å²) in [6.45, 7) is 5.89. The third-order valence-corrected chi connectivity index (χ3v) is 5.13. The first-order valence-electron chi connectivity index (χ1n) is 9.96. The molecule has 5 heteroatoms. The van der Waals surface area contributed by atoms with Gasteiger partial charge in [-0.2, -0.15) is 0 Å². The quantitative estimate of drug-likeness (QED) is 0.804. The molecule has 1 fully saturated rings. The van der Waals surface area contributed by atoms with Crippen LogP contribution in [0.5, 0.6) is 0 Å². The van der Waals surface area contributed by atoms with Crippen LogP contribution in [0.2, 0.25) is 0 Å². The van der Waals surface area contributed by atoms with Gasteiger partial charge in [0.2, 0.25) is 11.8 Å². The van der Waals surface area contributed by atoms with Crippen molar-refractivity contribution in [3.05, 3.63) is 71.3 Å². The highest BCUT2D eigenvalue weighted by molar-refractivity contribution is 5.78. The van der Waals surface area contributed by atoms with Gasteiger partial charge in [-0.15, -0.1) is 0 Å². The van der Waals surface area contributed by atoms with Crippen LogP contribution >= 0.6 is 0 Å². The molecule has 0 bridgehead atoms. The van der Waals surface area contributed by atoms with Crippen LogP contribution in [0.25, 0.3) is 0 Å². The molecule has 1 heterocycles. The summed E-state index contributed by atoms with van der Waals surface area (Å²) in [5.74, 6) is 0.234. The van der Waals surface area contributed by atoms with Crippen molar-refractivity contribution in [2.24, 2.45) is 0 Å². The van der Waals surface area contributed by atoms with E-state index in [9.17, 15) is 9.59 Å². The highest BCUT2D eigenvalue weighted by Gasteiger charge is 2.22. The minimum atomic E-state index is 0.0306. The van der Waals surface area contributed by atoms with E-state index in [4.69, 9.17) is 0 Å². The van der Waals surface area contributed by atoms with Crippen LogP contribution in [0.4, 0.5) is 0 Å². The lowest BCUT2D eigenvalue weighted by molar-refractivity contribution is -0.133. The van der Waals surface area contributed by atoms with E-state index < -0.39 is 0 Å². The van der Waals surface area contributed by atoms with Crippen LogP contribution in [0, 0.1) is 6.92 Å². The number of piperazine rings is 1. The maximum Gasteiger partial charge on any atom is 0.234 e. The molecule has 0 atom stereocenters. The average Bonchev–Trinajstić information content (AvgIpc) is 2.72. The first-order chi connectivity index (χ1) is 13.6. The summed E-state index contributed by atoms with van der Waals surface area (Å²) in [4.78, 5) is 28.7. The molecule has 0 unspecified atom stereocenters. The van der Waals surface area contributed by atoms with Gasteiger partial charge in [0, 0.05) is 39.1 Å². The van der Waals surface area contributed by atoms with Gasteiger partial charge in [0.05, 0.1) is 6.54 Å². The molecule has 1 aliphatic heterocycles. The Labute approximate surface area is 167 Å². The van der Waals surface area contributed by atoms with Crippen LogP contribution in [-0.4, -0.2) is 54.3 Å². The summed E-state index contributed by atoms with van der Waals surface area (Å²) in [6, 6.07) is 18.2. The molecule has 28 heavy (non-hydrogen) atoms. The smallest absolute Gasteiger partial charge is 0.234 e. The molecule has 148 valence electrons. The van der Waals surface area contributed by atoms with Gasteiger partial charge in [-0.25, -0.2) is 0 Å². The SMILES string of the molecule is Cc1cccc(CCC(=O)N2CCN(CC(=O)NCc3ccccc3)CC2)c1. The van der Waals surface area contributed by atoms with Crippen LogP contribution in [0.3, 0.4) is 0 Å². The molecule has 0 radical (unpaired) electrons. The van der Waals surface area contributed by atoms with Crippen molar-refractivity contribution in [1.29, 1.82) is 0 Å². The molecule has 0 aromatic heterocycles. The highest BCUT2D eigenvalue weighted by atomic mass is 16.2. The van der Waals surface area contributed by atoms with E-state index in [1.165, 1.54) is 11.1 Å². The van der Waals surface area contributed by atoms with E-state index in [0.29, 0.717) is 32.6 Å².